The first-order chi connectivity index (χ1) is 19.8. The smallest absolute Gasteiger partial charge is 0.255 e. The minimum atomic E-state index is -1.23. The molecule has 10 heteroatoms. The van der Waals surface area contributed by atoms with Gasteiger partial charge in [-0.3, -0.25) is 19.2 Å². The van der Waals surface area contributed by atoms with Crippen LogP contribution in [-0.4, -0.2) is 67.4 Å². The van der Waals surface area contributed by atoms with Crippen molar-refractivity contribution in [2.24, 2.45) is 0 Å². The first kappa shape index (κ1) is 29.3. The molecule has 4 amide bonds. The number of carbonyl (C=O) groups excluding carboxylic acids is 4. The van der Waals surface area contributed by atoms with E-state index >= 15 is 0 Å². The number of nitrogens with zero attached hydrogens (tertiary/aromatic N) is 1. The summed E-state index contributed by atoms with van der Waals surface area (Å²) in [5.74, 6) is -2.07. The number of para-hydroxylation sites is 1. The number of ether oxygens (including phenoxy) is 1. The first-order valence-corrected chi connectivity index (χ1v) is 13.4. The molecule has 2 atom stereocenters. The molecule has 41 heavy (non-hydrogen) atoms. The number of likely N-dealkylation sites (N-methyl/N-ethyl adjacent to an activating group) is 1. The van der Waals surface area contributed by atoms with E-state index < -0.39 is 29.8 Å². The van der Waals surface area contributed by atoms with E-state index in [0.29, 0.717) is 12.2 Å². The van der Waals surface area contributed by atoms with Crippen LogP contribution in [0.5, 0.6) is 5.75 Å². The fourth-order valence-electron chi connectivity index (χ4n) is 4.49. The summed E-state index contributed by atoms with van der Waals surface area (Å²) in [5.41, 5.74) is 1.87. The van der Waals surface area contributed by atoms with Crippen LogP contribution in [0.4, 0.5) is 4.39 Å². The largest absolute Gasteiger partial charge is 0.491 e. The number of hydrogen-bond acceptors (Lipinski definition) is 5. The van der Waals surface area contributed by atoms with Crippen molar-refractivity contribution in [3.8, 4) is 5.75 Å². The molecule has 0 fully saturated rings. The number of carbonyl (C=O) groups is 4. The summed E-state index contributed by atoms with van der Waals surface area (Å²) < 4.78 is 19.1. The lowest BCUT2D eigenvalue weighted by atomic mass is 10.0. The van der Waals surface area contributed by atoms with Crippen LogP contribution in [0.25, 0.3) is 0 Å². The molecule has 1 aliphatic heterocycles. The van der Waals surface area contributed by atoms with E-state index in [2.05, 4.69) is 16.0 Å². The van der Waals surface area contributed by atoms with Crippen molar-refractivity contribution in [2.45, 2.75) is 31.3 Å². The lowest BCUT2D eigenvalue weighted by Gasteiger charge is -2.27. The summed E-state index contributed by atoms with van der Waals surface area (Å²) in [7, 11) is 1.62. The van der Waals surface area contributed by atoms with Crippen LogP contribution in [0.2, 0.25) is 0 Å². The Kier molecular flexibility index (Phi) is 10.0. The van der Waals surface area contributed by atoms with Gasteiger partial charge >= 0.3 is 0 Å². The van der Waals surface area contributed by atoms with E-state index in [1.54, 1.807) is 43.4 Å². The number of amides is 4. The zero-order chi connectivity index (χ0) is 29.2. The summed E-state index contributed by atoms with van der Waals surface area (Å²) in [5, 5.41) is 8.18. The van der Waals surface area contributed by atoms with Gasteiger partial charge in [0.05, 0.1) is 18.5 Å². The standard InChI is InChI=1S/C31H33FN4O5/c1-36-17-18-41-27-10-6-5-9-24(27)29(38)35-25(30(39)33-16-15-21-11-13-23(32)14-12-21)20-28(37)34-26(31(36)40)19-22-7-3-2-4-8-22/h2-14,25-26H,15-20H2,1H3,(H,33,39)(H,34,37)(H,35,38)/t25-,26-/m0/s1. The summed E-state index contributed by atoms with van der Waals surface area (Å²) in [4.78, 5) is 54.5. The molecule has 3 aromatic carbocycles. The van der Waals surface area contributed by atoms with Gasteiger partial charge in [-0.1, -0.05) is 54.6 Å². The van der Waals surface area contributed by atoms with E-state index in [1.165, 1.54) is 17.0 Å². The highest BCUT2D eigenvalue weighted by atomic mass is 19.1. The number of nitrogens with one attached hydrogen (secondary N) is 3. The maximum absolute atomic E-state index is 13.4. The predicted octanol–water partition coefficient (Wildman–Crippen LogP) is 2.25. The monoisotopic (exact) mass is 560 g/mol. The van der Waals surface area contributed by atoms with Crippen LogP contribution in [-0.2, 0) is 27.2 Å². The van der Waals surface area contributed by atoms with Gasteiger partial charge in [-0.2, -0.15) is 0 Å². The van der Waals surface area contributed by atoms with Crippen molar-refractivity contribution >= 4 is 23.6 Å². The number of rotatable bonds is 6. The van der Waals surface area contributed by atoms with E-state index in [1.807, 2.05) is 30.3 Å². The predicted molar refractivity (Wildman–Crippen MR) is 151 cm³/mol. The van der Waals surface area contributed by atoms with Gasteiger partial charge in [-0.05, 0) is 41.8 Å². The second-order valence-corrected chi connectivity index (χ2v) is 9.81. The zero-order valence-corrected chi connectivity index (χ0v) is 22.8. The van der Waals surface area contributed by atoms with E-state index in [0.717, 1.165) is 11.1 Å². The molecule has 1 aliphatic rings. The van der Waals surface area contributed by atoms with Crippen molar-refractivity contribution < 1.29 is 28.3 Å². The third-order valence-electron chi connectivity index (χ3n) is 6.75. The van der Waals surface area contributed by atoms with Crippen LogP contribution in [0.15, 0.2) is 78.9 Å². The molecule has 0 bridgehead atoms. The Balaban J connectivity index is 1.55. The Morgan fingerprint density at radius 1 is 0.951 bits per heavy atom. The fraction of sp³-hybridized carbons (Fsp3) is 0.290. The van der Waals surface area contributed by atoms with Crippen molar-refractivity contribution in [1.29, 1.82) is 0 Å². The Bertz CT molecular complexity index is 1370. The minimum Gasteiger partial charge on any atom is -0.491 e. The van der Waals surface area contributed by atoms with Gasteiger partial charge < -0.3 is 25.6 Å². The highest BCUT2D eigenvalue weighted by molar-refractivity contribution is 6.01. The van der Waals surface area contributed by atoms with E-state index in [-0.39, 0.29) is 49.8 Å². The molecular formula is C31H33FN4O5. The molecular weight excluding hydrogens is 527 g/mol. The summed E-state index contributed by atoms with van der Waals surface area (Å²) in [6.07, 6.45) is 0.287. The molecule has 1 heterocycles. The van der Waals surface area contributed by atoms with Gasteiger partial charge in [0.15, 0.2) is 0 Å². The quantitative estimate of drug-likeness (QED) is 0.428. The third kappa shape index (κ3) is 8.38. The highest BCUT2D eigenvalue weighted by Crippen LogP contribution is 2.19. The van der Waals surface area contributed by atoms with Crippen molar-refractivity contribution in [3.05, 3.63) is 101 Å². The zero-order valence-electron chi connectivity index (χ0n) is 22.8. The van der Waals surface area contributed by atoms with Gasteiger partial charge in [-0.15, -0.1) is 0 Å². The number of fused-ring (bicyclic) bond motifs is 1. The van der Waals surface area contributed by atoms with Crippen molar-refractivity contribution in [2.75, 3.05) is 26.7 Å². The summed E-state index contributed by atoms with van der Waals surface area (Å²) >= 11 is 0. The van der Waals surface area contributed by atoms with Gasteiger partial charge in [0.1, 0.15) is 30.3 Å². The average Bonchev–Trinajstić information content (AvgIpc) is 2.97. The maximum Gasteiger partial charge on any atom is 0.255 e. The average molecular weight is 561 g/mol. The van der Waals surface area contributed by atoms with Crippen LogP contribution in [0.3, 0.4) is 0 Å². The molecule has 0 aromatic heterocycles. The van der Waals surface area contributed by atoms with E-state index in [4.69, 9.17) is 4.74 Å². The van der Waals surface area contributed by atoms with Crippen molar-refractivity contribution in [3.63, 3.8) is 0 Å². The number of hydrogen-bond donors (Lipinski definition) is 3. The molecule has 0 unspecified atom stereocenters. The molecule has 214 valence electrons. The lowest BCUT2D eigenvalue weighted by Crippen LogP contribution is -2.53. The second-order valence-electron chi connectivity index (χ2n) is 9.81. The van der Waals surface area contributed by atoms with Crippen molar-refractivity contribution in [1.82, 2.24) is 20.9 Å². The molecule has 0 radical (unpaired) electrons. The van der Waals surface area contributed by atoms with Gasteiger partial charge in [0, 0.05) is 20.0 Å². The van der Waals surface area contributed by atoms with Crippen LogP contribution >= 0.6 is 0 Å². The van der Waals surface area contributed by atoms with Gasteiger partial charge in [0.2, 0.25) is 17.7 Å². The first-order valence-electron chi connectivity index (χ1n) is 13.4. The SMILES string of the molecule is CN1CCOc2ccccc2C(=O)N[C@H](C(=O)NCCc2ccc(F)cc2)CC(=O)N[C@@H](Cc2ccccc2)C1=O. The Morgan fingerprint density at radius 3 is 2.41 bits per heavy atom. The fourth-order valence-corrected chi connectivity index (χ4v) is 4.49. The number of halogens is 1. The Morgan fingerprint density at radius 2 is 1.66 bits per heavy atom. The number of benzene rings is 3. The van der Waals surface area contributed by atoms with Gasteiger partial charge in [-0.25, -0.2) is 4.39 Å². The maximum atomic E-state index is 13.4. The van der Waals surface area contributed by atoms with Crippen LogP contribution in [0.1, 0.15) is 27.9 Å². The second kappa shape index (κ2) is 14.1. The summed E-state index contributed by atoms with van der Waals surface area (Å²) in [6.45, 7) is 0.555. The normalized spacial score (nSPS) is 18.3. The van der Waals surface area contributed by atoms with Gasteiger partial charge in [0.25, 0.3) is 5.91 Å². The topological polar surface area (TPSA) is 117 Å². The van der Waals surface area contributed by atoms with Crippen LogP contribution in [0, 0.1) is 5.82 Å². The molecule has 0 spiro atoms. The molecule has 3 N–H and O–H groups in total. The molecule has 9 nitrogen and oxygen atoms in total. The highest BCUT2D eigenvalue weighted by Gasteiger charge is 2.30. The molecule has 0 aliphatic carbocycles. The van der Waals surface area contributed by atoms with Crippen LogP contribution < -0.4 is 20.7 Å². The Hall–Kier alpha value is -4.73. The summed E-state index contributed by atoms with van der Waals surface area (Å²) in [6, 6.07) is 19.7. The third-order valence-corrected chi connectivity index (χ3v) is 6.75. The minimum absolute atomic E-state index is 0.117. The Labute approximate surface area is 238 Å². The molecule has 4 rings (SSSR count). The lowest BCUT2D eigenvalue weighted by molar-refractivity contribution is -0.136. The molecule has 3 aromatic rings. The van der Waals surface area contributed by atoms with E-state index in [9.17, 15) is 23.6 Å². The molecule has 0 saturated carbocycles. The molecule has 0 saturated heterocycles.